The minimum Gasteiger partial charge on any atom is -0.486 e. The molecule has 0 aliphatic rings. The van der Waals surface area contributed by atoms with Crippen molar-refractivity contribution in [3.63, 3.8) is 0 Å². The van der Waals surface area contributed by atoms with Gasteiger partial charge < -0.3 is 35.9 Å². The van der Waals surface area contributed by atoms with Gasteiger partial charge in [0.05, 0.1) is 25.3 Å². The molecule has 0 aliphatic heterocycles. The second-order valence-corrected chi connectivity index (χ2v) is 8.44. The van der Waals surface area contributed by atoms with Crippen molar-refractivity contribution in [3.8, 4) is 5.75 Å². The van der Waals surface area contributed by atoms with Crippen molar-refractivity contribution in [2.24, 2.45) is 11.7 Å². The summed E-state index contributed by atoms with van der Waals surface area (Å²) in [6, 6.07) is 4.51. The van der Waals surface area contributed by atoms with Gasteiger partial charge in [-0.1, -0.05) is 20.8 Å². The molecule has 2 unspecified atom stereocenters. The fourth-order valence-electron chi connectivity index (χ4n) is 3.29. The summed E-state index contributed by atoms with van der Waals surface area (Å²) in [6.45, 7) is 6.73. The lowest BCUT2D eigenvalue weighted by Gasteiger charge is -2.27. The van der Waals surface area contributed by atoms with Gasteiger partial charge in [0.15, 0.2) is 12.0 Å². The molecule has 11 heteroatoms. The van der Waals surface area contributed by atoms with E-state index in [1.807, 2.05) is 20.8 Å². The van der Waals surface area contributed by atoms with Crippen LogP contribution in [-0.4, -0.2) is 75.6 Å². The van der Waals surface area contributed by atoms with Gasteiger partial charge in [-0.3, -0.25) is 14.4 Å². The number of Topliss-reactive ketones (excluding diaryl/α,β-unsaturated/α-hetero) is 1. The van der Waals surface area contributed by atoms with Gasteiger partial charge in [-0.15, -0.1) is 0 Å². The molecule has 11 nitrogen and oxygen atoms in total. The lowest BCUT2D eigenvalue weighted by molar-refractivity contribution is -0.132. The van der Waals surface area contributed by atoms with Crippen LogP contribution in [0.2, 0.25) is 0 Å². The molecular weight excluding hydrogens is 468 g/mol. The Morgan fingerprint density at radius 3 is 2.42 bits per heavy atom. The summed E-state index contributed by atoms with van der Waals surface area (Å²) in [5.41, 5.74) is 5.74. The highest BCUT2D eigenvalue weighted by atomic mass is 16.5. The number of nitrogens with one attached hydrogen (secondary N) is 3. The number of benzene rings is 1. The Bertz CT molecular complexity index is 852. The SMILES string of the molecule is [2H]C(=O)COc1ccc(NC(CCCNC(N)=O)C(=O)C(NC(=O)COCCOCCC)C(C)C)cc1. The number of aldehydes is 1. The first-order valence-corrected chi connectivity index (χ1v) is 12.1. The maximum atomic E-state index is 13.5. The maximum Gasteiger partial charge on any atom is 0.312 e. The standard InChI is InChI=1S/C25H40N4O7/c1-4-13-34-15-16-35-17-22(31)29-23(18(2)3)24(32)21(6-5-11-27-25(26)33)28-19-7-9-20(10-8-19)36-14-12-30/h7-10,12,18,21,23,28H,4-6,11,13-17H2,1-3H3,(H,29,31)(H3,26,27,33)/i12D. The quantitative estimate of drug-likeness (QED) is 0.153. The van der Waals surface area contributed by atoms with E-state index in [4.69, 9.17) is 21.3 Å². The summed E-state index contributed by atoms with van der Waals surface area (Å²) in [7, 11) is 0. The summed E-state index contributed by atoms with van der Waals surface area (Å²) in [5, 5.41) is 8.47. The normalized spacial score (nSPS) is 12.8. The second kappa shape index (κ2) is 18.1. The molecule has 1 rings (SSSR count). The summed E-state index contributed by atoms with van der Waals surface area (Å²) < 4.78 is 22.8. The van der Waals surface area contributed by atoms with Crippen LogP contribution in [0.1, 0.15) is 41.4 Å². The smallest absolute Gasteiger partial charge is 0.312 e. The van der Waals surface area contributed by atoms with Crippen molar-refractivity contribution >= 4 is 29.7 Å². The van der Waals surface area contributed by atoms with Gasteiger partial charge in [0.2, 0.25) is 5.91 Å². The number of ether oxygens (including phenoxy) is 3. The molecule has 0 spiro atoms. The van der Waals surface area contributed by atoms with E-state index >= 15 is 0 Å². The first kappa shape index (κ1) is 29.1. The zero-order valence-electron chi connectivity index (χ0n) is 22.3. The van der Waals surface area contributed by atoms with Gasteiger partial charge in [0.1, 0.15) is 20.3 Å². The highest BCUT2D eigenvalue weighted by molar-refractivity contribution is 5.94. The van der Waals surface area contributed by atoms with E-state index in [-0.39, 0.29) is 31.5 Å². The van der Waals surface area contributed by atoms with Crippen LogP contribution >= 0.6 is 0 Å². The zero-order valence-corrected chi connectivity index (χ0v) is 21.3. The minimum atomic E-state index is -0.838. The fraction of sp³-hybridized carbons (Fsp3) is 0.600. The molecule has 0 saturated carbocycles. The van der Waals surface area contributed by atoms with E-state index in [0.717, 1.165) is 6.42 Å². The largest absolute Gasteiger partial charge is 0.486 e. The van der Waals surface area contributed by atoms with Crippen molar-refractivity contribution < 1.29 is 34.8 Å². The van der Waals surface area contributed by atoms with Crippen LogP contribution in [0.15, 0.2) is 24.3 Å². The minimum absolute atomic E-state index is 0.185. The lowest BCUT2D eigenvalue weighted by Crippen LogP contribution is -2.51. The number of urea groups is 1. The average molecular weight is 510 g/mol. The number of ketones is 1. The van der Waals surface area contributed by atoms with Gasteiger partial charge in [-0.2, -0.15) is 0 Å². The molecule has 0 radical (unpaired) electrons. The second-order valence-electron chi connectivity index (χ2n) is 8.44. The Hall–Kier alpha value is -3.18. The number of hydrogen-bond donors (Lipinski definition) is 4. The van der Waals surface area contributed by atoms with Crippen molar-refractivity contribution in [2.45, 2.75) is 52.1 Å². The third-order valence-electron chi connectivity index (χ3n) is 5.05. The molecule has 0 fully saturated rings. The Morgan fingerprint density at radius 1 is 1.11 bits per heavy atom. The van der Waals surface area contributed by atoms with Crippen LogP contribution in [0.25, 0.3) is 0 Å². The van der Waals surface area contributed by atoms with Crippen molar-refractivity contribution in [1.29, 1.82) is 0 Å². The molecule has 0 saturated heterocycles. The average Bonchev–Trinajstić information content (AvgIpc) is 2.85. The molecule has 0 aromatic heterocycles. The number of amides is 3. The van der Waals surface area contributed by atoms with Crippen LogP contribution in [-0.2, 0) is 23.9 Å². The van der Waals surface area contributed by atoms with E-state index in [9.17, 15) is 19.2 Å². The van der Waals surface area contributed by atoms with Gasteiger partial charge in [-0.05, 0) is 49.4 Å². The Morgan fingerprint density at radius 2 is 1.81 bits per heavy atom. The molecule has 3 amide bonds. The first-order chi connectivity index (χ1) is 17.6. The van der Waals surface area contributed by atoms with E-state index in [2.05, 4.69) is 16.0 Å². The summed E-state index contributed by atoms with van der Waals surface area (Å²) in [6.07, 6.45) is 0.903. The number of carbonyl (C=O) groups is 4. The molecule has 0 bridgehead atoms. The van der Waals surface area contributed by atoms with E-state index in [1.165, 1.54) is 0 Å². The fourth-order valence-corrected chi connectivity index (χ4v) is 3.29. The van der Waals surface area contributed by atoms with E-state index in [1.54, 1.807) is 24.3 Å². The Balaban J connectivity index is 2.83. The first-order valence-electron chi connectivity index (χ1n) is 12.6. The molecule has 5 N–H and O–H groups in total. The third-order valence-corrected chi connectivity index (χ3v) is 5.05. The number of primary amides is 1. The highest BCUT2D eigenvalue weighted by Crippen LogP contribution is 2.19. The number of rotatable bonds is 20. The Labute approximate surface area is 214 Å². The summed E-state index contributed by atoms with van der Waals surface area (Å²) >= 11 is 0. The number of carbonyl (C=O) groups excluding carboxylic acids is 4. The molecule has 1 aromatic rings. The Kier molecular flexibility index (Phi) is 14.6. The van der Waals surface area contributed by atoms with Crippen LogP contribution in [0.5, 0.6) is 5.75 Å². The topological polar surface area (TPSA) is 158 Å². The van der Waals surface area contributed by atoms with Crippen LogP contribution < -0.4 is 26.4 Å². The van der Waals surface area contributed by atoms with Crippen LogP contribution in [0.4, 0.5) is 10.5 Å². The zero-order chi connectivity index (χ0) is 27.6. The van der Waals surface area contributed by atoms with Gasteiger partial charge in [0, 0.05) is 18.8 Å². The molecule has 0 aliphatic carbocycles. The molecule has 0 heterocycles. The molecule has 2 atom stereocenters. The molecule has 202 valence electrons. The molecule has 36 heavy (non-hydrogen) atoms. The monoisotopic (exact) mass is 509 g/mol. The lowest BCUT2D eigenvalue weighted by atomic mass is 9.92. The van der Waals surface area contributed by atoms with Crippen molar-refractivity contribution in [2.75, 3.05) is 44.9 Å². The predicted molar refractivity (Wildman–Crippen MR) is 136 cm³/mol. The number of anilines is 1. The summed E-state index contributed by atoms with van der Waals surface area (Å²) in [4.78, 5) is 47.7. The number of hydrogen-bond acceptors (Lipinski definition) is 8. The third kappa shape index (κ3) is 13.1. The van der Waals surface area contributed by atoms with Gasteiger partial charge >= 0.3 is 6.03 Å². The number of nitrogens with two attached hydrogens (primary N) is 1. The van der Waals surface area contributed by atoms with E-state index < -0.39 is 30.3 Å². The van der Waals surface area contributed by atoms with Crippen molar-refractivity contribution in [3.05, 3.63) is 24.3 Å². The predicted octanol–water partition coefficient (Wildman–Crippen LogP) is 1.65. The van der Waals surface area contributed by atoms with Gasteiger partial charge in [0.25, 0.3) is 0 Å². The molecular formula is C25H40N4O7. The van der Waals surface area contributed by atoms with Gasteiger partial charge in [-0.25, -0.2) is 4.79 Å². The highest BCUT2D eigenvalue weighted by Gasteiger charge is 2.30. The molecule has 1 aromatic carbocycles. The van der Waals surface area contributed by atoms with Crippen LogP contribution in [0, 0.1) is 5.92 Å². The summed E-state index contributed by atoms with van der Waals surface area (Å²) in [5.74, 6) is -0.390. The van der Waals surface area contributed by atoms with Crippen LogP contribution in [0.3, 0.4) is 0 Å². The maximum absolute atomic E-state index is 13.5. The van der Waals surface area contributed by atoms with Crippen molar-refractivity contribution in [1.82, 2.24) is 10.6 Å². The van der Waals surface area contributed by atoms with E-state index in [0.29, 0.717) is 44.0 Å².